The van der Waals surface area contributed by atoms with Gasteiger partial charge in [0.25, 0.3) is 0 Å². The first-order valence-electron chi connectivity index (χ1n) is 9.81. The summed E-state index contributed by atoms with van der Waals surface area (Å²) in [4.78, 5) is 38.4. The van der Waals surface area contributed by atoms with Gasteiger partial charge in [0.1, 0.15) is 23.2 Å². The van der Waals surface area contributed by atoms with Crippen LogP contribution in [-0.2, 0) is 9.53 Å². The number of Topliss-reactive ketones (excluding diaryl/α,β-unsaturated/α-hetero) is 1. The first-order valence-corrected chi connectivity index (χ1v) is 9.81. The van der Waals surface area contributed by atoms with Gasteiger partial charge < -0.3 is 29.2 Å². The van der Waals surface area contributed by atoms with Crippen LogP contribution in [0.3, 0.4) is 0 Å². The van der Waals surface area contributed by atoms with Gasteiger partial charge in [-0.25, -0.2) is 9.59 Å². The summed E-state index contributed by atoms with van der Waals surface area (Å²) in [5.74, 6) is -5.19. The molecule has 6 atom stereocenters. The van der Waals surface area contributed by atoms with Crippen molar-refractivity contribution < 1.29 is 38.8 Å². The quantitative estimate of drug-likeness (QED) is 0.458. The summed E-state index contributed by atoms with van der Waals surface area (Å²) >= 11 is 0. The van der Waals surface area contributed by atoms with Gasteiger partial charge in [0.2, 0.25) is 5.60 Å². The standard InChI is InChI=1S/C22H20O9/c1-29-12-7-14(31-15(23)8-12)17-20(26)9-13-10-21(17,27)22(28,19(25)30-13)18(20)16(24)11-5-3-2-4-6-11/h2-8,13,17-18,26-28H,9-10H2,1H3/t13?,17-,18-,20?,21+,22+/m0/s1. The van der Waals surface area contributed by atoms with E-state index in [0.717, 1.165) is 6.07 Å². The molecule has 1 aromatic carbocycles. The molecule has 31 heavy (non-hydrogen) atoms. The lowest BCUT2D eigenvalue weighted by atomic mass is 9.67. The highest BCUT2D eigenvalue weighted by atomic mass is 16.6. The molecule has 3 N–H and O–H groups in total. The predicted octanol–water partition coefficient (Wildman–Crippen LogP) is 0.157. The summed E-state index contributed by atoms with van der Waals surface area (Å²) < 4.78 is 15.6. The van der Waals surface area contributed by atoms with E-state index in [2.05, 4.69) is 0 Å². The van der Waals surface area contributed by atoms with Crippen LogP contribution < -0.4 is 10.4 Å². The minimum absolute atomic E-state index is 0.106. The average molecular weight is 428 g/mol. The summed E-state index contributed by atoms with van der Waals surface area (Å²) in [7, 11) is 1.33. The third kappa shape index (κ3) is 2.39. The second kappa shape index (κ2) is 6.25. The number of hydrogen-bond donors (Lipinski definition) is 3. The van der Waals surface area contributed by atoms with Crippen LogP contribution >= 0.6 is 0 Å². The Kier molecular flexibility index (Phi) is 4.02. The molecule has 1 aliphatic heterocycles. The van der Waals surface area contributed by atoms with Crippen molar-refractivity contribution in [2.75, 3.05) is 7.11 Å². The Bertz CT molecular complexity index is 1140. The molecule has 0 amide bonds. The summed E-state index contributed by atoms with van der Waals surface area (Å²) in [6.07, 6.45) is -1.37. The van der Waals surface area contributed by atoms with Crippen LogP contribution in [0.15, 0.2) is 51.7 Å². The van der Waals surface area contributed by atoms with E-state index in [9.17, 15) is 29.7 Å². The maximum atomic E-state index is 13.5. The lowest BCUT2D eigenvalue weighted by Gasteiger charge is -2.49. The van der Waals surface area contributed by atoms with Gasteiger partial charge in [-0.05, 0) is 0 Å². The van der Waals surface area contributed by atoms with Crippen molar-refractivity contribution in [3.63, 3.8) is 0 Å². The van der Waals surface area contributed by atoms with E-state index in [1.165, 1.54) is 25.3 Å². The fourth-order valence-electron chi connectivity index (χ4n) is 5.72. The fourth-order valence-corrected chi connectivity index (χ4v) is 5.72. The zero-order valence-corrected chi connectivity index (χ0v) is 16.5. The molecule has 2 aromatic rings. The molecule has 162 valence electrons. The first kappa shape index (κ1) is 19.9. The van der Waals surface area contributed by atoms with Gasteiger partial charge in [0.05, 0.1) is 30.6 Å². The van der Waals surface area contributed by atoms with Crippen molar-refractivity contribution in [2.24, 2.45) is 5.92 Å². The Morgan fingerprint density at radius 3 is 2.48 bits per heavy atom. The summed E-state index contributed by atoms with van der Waals surface area (Å²) in [6, 6.07) is 10.2. The van der Waals surface area contributed by atoms with E-state index in [4.69, 9.17) is 13.9 Å². The van der Waals surface area contributed by atoms with Crippen molar-refractivity contribution in [1.29, 1.82) is 0 Å². The van der Waals surface area contributed by atoms with Crippen LogP contribution in [0.25, 0.3) is 0 Å². The number of carbonyl (C=O) groups is 2. The Hall–Kier alpha value is -3.01. The number of benzene rings is 1. The van der Waals surface area contributed by atoms with Crippen molar-refractivity contribution in [2.45, 2.75) is 41.7 Å². The number of fused-ring (bicyclic) bond motifs is 2. The van der Waals surface area contributed by atoms with Gasteiger partial charge >= 0.3 is 11.6 Å². The topological polar surface area (TPSA) is 144 Å². The van der Waals surface area contributed by atoms with Gasteiger partial charge in [-0.1, -0.05) is 30.3 Å². The Morgan fingerprint density at radius 1 is 1.10 bits per heavy atom. The SMILES string of the molecule is COc1cc([C@H]2C3(O)CC4C[C@]2(O)[C@](O)(C(=O)O4)[C@H]3C(=O)c2ccccc2)oc(=O)c1. The summed E-state index contributed by atoms with van der Waals surface area (Å²) in [6.45, 7) is 0. The minimum atomic E-state index is -2.74. The molecule has 2 heterocycles. The van der Waals surface area contributed by atoms with Crippen LogP contribution in [0.4, 0.5) is 0 Å². The highest BCUT2D eigenvalue weighted by molar-refractivity contribution is 6.04. The lowest BCUT2D eigenvalue weighted by Crippen LogP contribution is -2.67. The highest BCUT2D eigenvalue weighted by Gasteiger charge is 2.85. The Morgan fingerprint density at radius 2 is 1.81 bits per heavy atom. The second-order valence-electron chi connectivity index (χ2n) is 8.43. The third-order valence-electron chi connectivity index (χ3n) is 6.84. The molecule has 3 bridgehead atoms. The third-order valence-corrected chi connectivity index (χ3v) is 6.84. The van der Waals surface area contributed by atoms with Gasteiger partial charge in [-0.3, -0.25) is 4.79 Å². The Balaban J connectivity index is 1.76. The van der Waals surface area contributed by atoms with Crippen molar-refractivity contribution in [1.82, 2.24) is 0 Å². The van der Waals surface area contributed by atoms with E-state index < -0.39 is 52.1 Å². The molecule has 3 fully saturated rings. The van der Waals surface area contributed by atoms with Crippen LogP contribution in [0, 0.1) is 5.92 Å². The first-order chi connectivity index (χ1) is 14.6. The molecular formula is C22H20O9. The number of methoxy groups -OCH3 is 1. The normalized spacial score (nSPS) is 38.1. The monoisotopic (exact) mass is 428 g/mol. The lowest BCUT2D eigenvalue weighted by molar-refractivity contribution is -0.234. The fraction of sp³-hybridized carbons (Fsp3) is 0.409. The zero-order chi connectivity index (χ0) is 22.2. The zero-order valence-electron chi connectivity index (χ0n) is 16.5. The van der Waals surface area contributed by atoms with Gasteiger partial charge in [-0.15, -0.1) is 0 Å². The van der Waals surface area contributed by atoms with Gasteiger partial charge in [0, 0.05) is 24.5 Å². The van der Waals surface area contributed by atoms with E-state index >= 15 is 0 Å². The number of ether oxygens (including phenoxy) is 2. The van der Waals surface area contributed by atoms with Crippen LogP contribution in [0.1, 0.15) is 34.9 Å². The number of hydrogen-bond acceptors (Lipinski definition) is 9. The number of ketones is 1. The molecule has 2 saturated carbocycles. The molecule has 1 aromatic heterocycles. The number of aliphatic hydroxyl groups is 3. The smallest absolute Gasteiger partial charge is 0.342 e. The molecule has 5 rings (SSSR count). The van der Waals surface area contributed by atoms with Crippen LogP contribution in [0.2, 0.25) is 0 Å². The number of rotatable bonds is 4. The summed E-state index contributed by atoms with van der Waals surface area (Å²) in [5.41, 5.74) is -7.84. The summed E-state index contributed by atoms with van der Waals surface area (Å²) in [5, 5.41) is 35.1. The van der Waals surface area contributed by atoms with Gasteiger partial charge in [0.15, 0.2) is 5.78 Å². The van der Waals surface area contributed by atoms with Crippen LogP contribution in [0.5, 0.6) is 5.75 Å². The number of carbonyl (C=O) groups excluding carboxylic acids is 2. The van der Waals surface area contributed by atoms with Crippen molar-refractivity contribution in [3.8, 4) is 5.75 Å². The molecule has 2 aliphatic carbocycles. The van der Waals surface area contributed by atoms with Gasteiger partial charge in [-0.2, -0.15) is 0 Å². The molecule has 2 unspecified atom stereocenters. The van der Waals surface area contributed by atoms with E-state index in [-0.39, 0.29) is 29.9 Å². The largest absolute Gasteiger partial charge is 0.496 e. The van der Waals surface area contributed by atoms with Crippen molar-refractivity contribution in [3.05, 3.63) is 64.2 Å². The van der Waals surface area contributed by atoms with E-state index in [1.54, 1.807) is 18.2 Å². The predicted molar refractivity (Wildman–Crippen MR) is 102 cm³/mol. The molecular weight excluding hydrogens is 408 g/mol. The van der Waals surface area contributed by atoms with Crippen LogP contribution in [-0.4, -0.2) is 57.1 Å². The van der Waals surface area contributed by atoms with Crippen molar-refractivity contribution >= 4 is 11.8 Å². The maximum Gasteiger partial charge on any atom is 0.342 e. The number of esters is 1. The van der Waals surface area contributed by atoms with E-state index in [1.807, 2.05) is 0 Å². The molecule has 0 spiro atoms. The average Bonchev–Trinajstić information content (AvgIpc) is 2.76. The van der Waals surface area contributed by atoms with E-state index in [0.29, 0.717) is 0 Å². The minimum Gasteiger partial charge on any atom is -0.496 e. The molecule has 9 nitrogen and oxygen atoms in total. The molecule has 9 heteroatoms. The maximum absolute atomic E-state index is 13.5. The second-order valence-corrected chi connectivity index (χ2v) is 8.43. The molecule has 1 saturated heterocycles. The molecule has 0 radical (unpaired) electrons. The highest BCUT2D eigenvalue weighted by Crippen LogP contribution is 2.67. The molecule has 3 aliphatic rings. The Labute approximate surface area is 175 Å².